The first-order valence-electron chi connectivity index (χ1n) is 7.12. The molecule has 0 atom stereocenters. The number of rotatable bonds is 6. The lowest BCUT2D eigenvalue weighted by Crippen LogP contribution is -2.26. The van der Waals surface area contributed by atoms with Crippen molar-refractivity contribution in [1.82, 2.24) is 0 Å². The summed E-state index contributed by atoms with van der Waals surface area (Å²) in [6, 6.07) is 12.4. The van der Waals surface area contributed by atoms with E-state index in [1.165, 1.54) is 5.01 Å². The first kappa shape index (κ1) is 17.1. The van der Waals surface area contributed by atoms with Crippen LogP contribution in [-0.4, -0.2) is 26.2 Å². The molecule has 0 radical (unpaired) electrons. The van der Waals surface area contributed by atoms with Crippen LogP contribution in [0, 0.1) is 6.92 Å². The Labute approximate surface area is 140 Å². The molecule has 2 rings (SSSR count). The van der Waals surface area contributed by atoms with Crippen LogP contribution in [0.2, 0.25) is 5.02 Å². The number of para-hydroxylation sites is 1. The highest BCUT2D eigenvalue weighted by Crippen LogP contribution is 2.23. The topological polar surface area (TPSA) is 64.8 Å². The Hall–Kier alpha value is -2.24. The monoisotopic (exact) mass is 334 g/mol. The van der Waals surface area contributed by atoms with Crippen LogP contribution < -0.4 is 15.6 Å². The molecule has 0 amide bonds. The molecule has 0 fully saturated rings. The van der Waals surface area contributed by atoms with E-state index in [1.807, 2.05) is 19.1 Å². The summed E-state index contributed by atoms with van der Waals surface area (Å²) in [6.07, 6.45) is 0. The molecule has 122 valence electrons. The lowest BCUT2D eigenvalue weighted by atomic mass is 10.1. The summed E-state index contributed by atoms with van der Waals surface area (Å²) >= 11 is 5.97. The summed E-state index contributed by atoms with van der Waals surface area (Å²) in [7, 11) is 1.74. The highest BCUT2D eigenvalue weighted by Gasteiger charge is 2.10. The number of hydrogen-bond acceptors (Lipinski definition) is 5. The molecule has 0 heterocycles. The highest BCUT2D eigenvalue weighted by atomic mass is 35.5. The van der Waals surface area contributed by atoms with Gasteiger partial charge in [-0.2, -0.15) is 0 Å². The molecule has 0 aliphatic carbocycles. The fraction of sp³-hybridized carbons (Fsp3) is 0.235. The maximum atomic E-state index is 12.0. The van der Waals surface area contributed by atoms with Gasteiger partial charge in [0.2, 0.25) is 0 Å². The molecule has 2 N–H and O–H groups in total. The Kier molecular flexibility index (Phi) is 5.84. The van der Waals surface area contributed by atoms with Crippen molar-refractivity contribution < 1.29 is 14.3 Å². The number of anilines is 1. The molecule has 0 unspecified atom stereocenters. The average molecular weight is 335 g/mol. The summed E-state index contributed by atoms with van der Waals surface area (Å²) in [6.45, 7) is 2.26. The third-order valence-corrected chi connectivity index (χ3v) is 3.54. The zero-order valence-corrected chi connectivity index (χ0v) is 13.8. The molecule has 0 aromatic heterocycles. The van der Waals surface area contributed by atoms with E-state index in [1.54, 1.807) is 37.4 Å². The van der Waals surface area contributed by atoms with Crippen LogP contribution in [-0.2, 0) is 4.74 Å². The molecule has 23 heavy (non-hydrogen) atoms. The second kappa shape index (κ2) is 7.85. The molecule has 0 spiro atoms. The van der Waals surface area contributed by atoms with Crippen LogP contribution in [0.1, 0.15) is 15.9 Å². The standard InChI is InChI=1S/C17H19ClN2O3/c1-12-11-13(7-8-15(12)20(2)19)17(21)23-10-9-22-16-6-4-3-5-14(16)18/h3-8,11H,9-10,19H2,1-2H3. The van der Waals surface area contributed by atoms with Crippen molar-refractivity contribution in [3.63, 3.8) is 0 Å². The molecule has 5 nitrogen and oxygen atoms in total. The first-order valence-corrected chi connectivity index (χ1v) is 7.50. The predicted molar refractivity (Wildman–Crippen MR) is 91.0 cm³/mol. The van der Waals surface area contributed by atoms with Crippen molar-refractivity contribution in [3.05, 3.63) is 58.6 Å². The minimum atomic E-state index is -0.401. The largest absolute Gasteiger partial charge is 0.488 e. The van der Waals surface area contributed by atoms with E-state index < -0.39 is 5.97 Å². The van der Waals surface area contributed by atoms with E-state index >= 15 is 0 Å². The normalized spacial score (nSPS) is 10.3. The van der Waals surface area contributed by atoms with Crippen molar-refractivity contribution in [2.24, 2.45) is 5.84 Å². The van der Waals surface area contributed by atoms with Crippen molar-refractivity contribution in [1.29, 1.82) is 0 Å². The van der Waals surface area contributed by atoms with Gasteiger partial charge in [-0.05, 0) is 42.8 Å². The molecule has 6 heteroatoms. The van der Waals surface area contributed by atoms with E-state index in [4.69, 9.17) is 26.9 Å². The number of aryl methyl sites for hydroxylation is 1. The molecule has 2 aromatic carbocycles. The molecule has 0 aliphatic rings. The number of halogens is 1. The van der Waals surface area contributed by atoms with Crippen molar-refractivity contribution >= 4 is 23.3 Å². The van der Waals surface area contributed by atoms with Crippen molar-refractivity contribution in [3.8, 4) is 5.75 Å². The van der Waals surface area contributed by atoms with Gasteiger partial charge in [0, 0.05) is 7.05 Å². The fourth-order valence-corrected chi connectivity index (χ4v) is 2.30. The van der Waals surface area contributed by atoms with Gasteiger partial charge in [-0.25, -0.2) is 10.6 Å². The number of hydrazine groups is 1. The number of nitrogens with zero attached hydrogens (tertiary/aromatic N) is 1. The highest BCUT2D eigenvalue weighted by molar-refractivity contribution is 6.32. The van der Waals surface area contributed by atoms with Crippen LogP contribution in [0.3, 0.4) is 0 Å². The summed E-state index contributed by atoms with van der Waals surface area (Å²) in [5.74, 6) is 5.86. The number of nitrogens with two attached hydrogens (primary N) is 1. The molecule has 0 saturated heterocycles. The van der Waals surface area contributed by atoms with E-state index in [9.17, 15) is 4.79 Å². The van der Waals surface area contributed by atoms with Gasteiger partial charge in [-0.15, -0.1) is 0 Å². The first-order chi connectivity index (χ1) is 11.0. The minimum absolute atomic E-state index is 0.141. The van der Waals surface area contributed by atoms with Crippen molar-refractivity contribution in [2.75, 3.05) is 25.3 Å². The van der Waals surface area contributed by atoms with Gasteiger partial charge >= 0.3 is 5.97 Å². The summed E-state index contributed by atoms with van der Waals surface area (Å²) in [5, 5.41) is 2.03. The third kappa shape index (κ3) is 4.61. The lowest BCUT2D eigenvalue weighted by molar-refractivity contribution is 0.0450. The Morgan fingerprint density at radius 2 is 1.96 bits per heavy atom. The maximum absolute atomic E-state index is 12.0. The number of ether oxygens (including phenoxy) is 2. The molecule has 2 aromatic rings. The summed E-state index contributed by atoms with van der Waals surface area (Å²) in [5.41, 5.74) is 2.23. The summed E-state index contributed by atoms with van der Waals surface area (Å²) < 4.78 is 10.7. The summed E-state index contributed by atoms with van der Waals surface area (Å²) in [4.78, 5) is 12.0. The lowest BCUT2D eigenvalue weighted by Gasteiger charge is -2.15. The SMILES string of the molecule is Cc1cc(C(=O)OCCOc2ccccc2Cl)ccc1N(C)N. The number of carbonyl (C=O) groups is 1. The molecule has 0 bridgehead atoms. The predicted octanol–water partition coefficient (Wildman–Crippen LogP) is 3.19. The maximum Gasteiger partial charge on any atom is 0.338 e. The van der Waals surface area contributed by atoms with Gasteiger partial charge in [0.1, 0.15) is 19.0 Å². The van der Waals surface area contributed by atoms with Crippen LogP contribution in [0.25, 0.3) is 0 Å². The van der Waals surface area contributed by atoms with E-state index in [0.29, 0.717) is 16.3 Å². The third-order valence-electron chi connectivity index (χ3n) is 3.22. The number of carbonyl (C=O) groups excluding carboxylic acids is 1. The van der Waals surface area contributed by atoms with Gasteiger partial charge in [-0.3, -0.25) is 0 Å². The fourth-order valence-electron chi connectivity index (χ4n) is 2.11. The van der Waals surface area contributed by atoms with Gasteiger partial charge in [-0.1, -0.05) is 23.7 Å². The Balaban J connectivity index is 1.85. The van der Waals surface area contributed by atoms with Gasteiger partial charge < -0.3 is 14.5 Å². The quantitative estimate of drug-likeness (QED) is 0.380. The second-order valence-corrected chi connectivity index (χ2v) is 5.43. The Morgan fingerprint density at radius 3 is 2.61 bits per heavy atom. The minimum Gasteiger partial charge on any atom is -0.488 e. The Bertz CT molecular complexity index is 689. The smallest absolute Gasteiger partial charge is 0.338 e. The van der Waals surface area contributed by atoms with E-state index in [-0.39, 0.29) is 13.2 Å². The van der Waals surface area contributed by atoms with Crippen molar-refractivity contribution in [2.45, 2.75) is 6.92 Å². The zero-order chi connectivity index (χ0) is 16.8. The number of esters is 1. The van der Waals surface area contributed by atoms with Gasteiger partial charge in [0.25, 0.3) is 0 Å². The second-order valence-electron chi connectivity index (χ2n) is 5.03. The van der Waals surface area contributed by atoms with Crippen LogP contribution in [0.5, 0.6) is 5.75 Å². The molecular formula is C17H19ClN2O3. The number of hydrogen-bond donors (Lipinski definition) is 1. The molecule has 0 aliphatic heterocycles. The van der Waals surface area contributed by atoms with E-state index in [0.717, 1.165) is 11.3 Å². The van der Waals surface area contributed by atoms with Crippen LogP contribution in [0.4, 0.5) is 5.69 Å². The average Bonchev–Trinajstić information content (AvgIpc) is 2.52. The number of benzene rings is 2. The van der Waals surface area contributed by atoms with Crippen LogP contribution in [0.15, 0.2) is 42.5 Å². The zero-order valence-electron chi connectivity index (χ0n) is 13.1. The van der Waals surface area contributed by atoms with Gasteiger partial charge in [0.05, 0.1) is 16.3 Å². The van der Waals surface area contributed by atoms with E-state index in [2.05, 4.69) is 0 Å². The molecular weight excluding hydrogens is 316 g/mol. The van der Waals surface area contributed by atoms with Crippen LogP contribution >= 0.6 is 11.6 Å². The Morgan fingerprint density at radius 1 is 1.22 bits per heavy atom. The molecule has 0 saturated carbocycles. The van der Waals surface area contributed by atoms with Gasteiger partial charge in [0.15, 0.2) is 0 Å².